The van der Waals surface area contributed by atoms with Crippen LogP contribution in [0.5, 0.6) is 0 Å². The van der Waals surface area contributed by atoms with E-state index in [0.717, 1.165) is 36.0 Å². The predicted octanol–water partition coefficient (Wildman–Crippen LogP) is 14.2. The average molecular weight is 653 g/mol. The Morgan fingerprint density at radius 2 is 1.52 bits per heavy atom. The van der Waals surface area contributed by atoms with Gasteiger partial charge in [0.1, 0.15) is 5.76 Å². The van der Waals surface area contributed by atoms with Crippen LogP contribution in [-0.4, -0.2) is 6.61 Å². The number of unbranched alkanes of at least 4 members (excludes halogenated alkanes) is 2. The molecule has 0 amide bonds. The first kappa shape index (κ1) is 41.4. The van der Waals surface area contributed by atoms with Crippen molar-refractivity contribution in [2.45, 2.75) is 144 Å². The van der Waals surface area contributed by atoms with E-state index < -0.39 is 0 Å². The van der Waals surface area contributed by atoms with Gasteiger partial charge >= 0.3 is 0 Å². The van der Waals surface area contributed by atoms with Gasteiger partial charge in [-0.15, -0.1) is 0 Å². The number of ether oxygens (including phenoxy) is 1. The van der Waals surface area contributed by atoms with Crippen LogP contribution in [-0.2, 0) is 24.0 Å². The normalized spacial score (nSPS) is 20.1. The van der Waals surface area contributed by atoms with Crippen LogP contribution in [0.1, 0.15) is 147 Å². The minimum atomic E-state index is 0.460. The molecule has 48 heavy (non-hydrogen) atoms. The molecule has 0 saturated carbocycles. The SMILES string of the molecule is C=C(C)C(=C)OCCCc1cc(C2C=CC(C3C=CC(CC)CC3)=CC2CC)cc(CCCCC)c1CCCC(CC)CC.C=CC=C. The smallest absolute Gasteiger partial charge is 0.114 e. The fourth-order valence-corrected chi connectivity index (χ4v) is 7.43. The molecule has 0 aromatic heterocycles. The van der Waals surface area contributed by atoms with Gasteiger partial charge in [0, 0.05) is 11.8 Å². The van der Waals surface area contributed by atoms with Gasteiger partial charge in [-0.05, 0) is 122 Å². The molecule has 0 saturated heterocycles. The first-order valence-corrected chi connectivity index (χ1v) is 19.7. The van der Waals surface area contributed by atoms with Crippen molar-refractivity contribution in [2.24, 2.45) is 23.7 Å². The molecular weight excluding hydrogens is 581 g/mol. The summed E-state index contributed by atoms with van der Waals surface area (Å²) in [5.74, 6) is 3.97. The number of benzene rings is 1. The van der Waals surface area contributed by atoms with Gasteiger partial charge in [0.2, 0.25) is 0 Å². The highest BCUT2D eigenvalue weighted by atomic mass is 16.5. The highest BCUT2D eigenvalue weighted by molar-refractivity contribution is 5.45. The van der Waals surface area contributed by atoms with Crippen LogP contribution in [0.4, 0.5) is 0 Å². The second-order valence-electron chi connectivity index (χ2n) is 14.3. The highest BCUT2D eigenvalue weighted by Gasteiger charge is 2.26. The van der Waals surface area contributed by atoms with Crippen molar-refractivity contribution in [3.05, 3.63) is 120 Å². The molecule has 1 aromatic carbocycles. The predicted molar refractivity (Wildman–Crippen MR) is 215 cm³/mol. The van der Waals surface area contributed by atoms with Crippen molar-refractivity contribution in [3.63, 3.8) is 0 Å². The van der Waals surface area contributed by atoms with E-state index in [2.05, 4.69) is 103 Å². The van der Waals surface area contributed by atoms with Crippen LogP contribution in [0, 0.1) is 23.7 Å². The number of rotatable bonds is 21. The summed E-state index contributed by atoms with van der Waals surface area (Å²) in [4.78, 5) is 0. The molecule has 1 heteroatoms. The van der Waals surface area contributed by atoms with E-state index in [4.69, 9.17) is 4.74 Å². The Morgan fingerprint density at radius 1 is 0.833 bits per heavy atom. The van der Waals surface area contributed by atoms with Crippen LogP contribution in [0.2, 0.25) is 0 Å². The lowest BCUT2D eigenvalue weighted by Crippen LogP contribution is -2.17. The number of aryl methyl sites for hydroxylation is 2. The summed E-state index contributed by atoms with van der Waals surface area (Å²) in [6, 6.07) is 5.24. The van der Waals surface area contributed by atoms with Gasteiger partial charge in [0.15, 0.2) is 0 Å². The monoisotopic (exact) mass is 653 g/mol. The van der Waals surface area contributed by atoms with Gasteiger partial charge in [-0.1, -0.05) is 148 Å². The van der Waals surface area contributed by atoms with E-state index in [-0.39, 0.29) is 0 Å². The van der Waals surface area contributed by atoms with Crippen molar-refractivity contribution in [1.82, 2.24) is 0 Å². The molecule has 0 spiro atoms. The van der Waals surface area contributed by atoms with Crippen molar-refractivity contribution in [1.29, 1.82) is 0 Å². The van der Waals surface area contributed by atoms with Gasteiger partial charge in [-0.3, -0.25) is 0 Å². The largest absolute Gasteiger partial charge is 0.494 e. The molecule has 0 N–H and O–H groups in total. The quantitative estimate of drug-likeness (QED) is 0.0556. The molecule has 4 atom stereocenters. The van der Waals surface area contributed by atoms with Gasteiger partial charge in [0.25, 0.3) is 0 Å². The van der Waals surface area contributed by atoms with Crippen LogP contribution in [0.3, 0.4) is 0 Å². The average Bonchev–Trinajstić information content (AvgIpc) is 3.12. The Balaban J connectivity index is 0.00000189. The van der Waals surface area contributed by atoms with Gasteiger partial charge in [-0.25, -0.2) is 0 Å². The summed E-state index contributed by atoms with van der Waals surface area (Å²) in [5.41, 5.74) is 8.85. The van der Waals surface area contributed by atoms with Crippen molar-refractivity contribution in [3.8, 4) is 0 Å². The highest BCUT2D eigenvalue weighted by Crippen LogP contribution is 2.40. The van der Waals surface area contributed by atoms with Crippen molar-refractivity contribution in [2.75, 3.05) is 6.61 Å². The Bertz CT molecular complexity index is 1210. The Morgan fingerprint density at radius 3 is 2.06 bits per heavy atom. The molecule has 2 aliphatic rings. The van der Waals surface area contributed by atoms with Crippen molar-refractivity contribution < 1.29 is 4.74 Å². The van der Waals surface area contributed by atoms with E-state index in [0.29, 0.717) is 24.4 Å². The van der Waals surface area contributed by atoms with E-state index >= 15 is 0 Å². The summed E-state index contributed by atoms with van der Waals surface area (Å²) < 4.78 is 5.96. The number of hydrogen-bond acceptors (Lipinski definition) is 1. The topological polar surface area (TPSA) is 9.23 Å². The fourth-order valence-electron chi connectivity index (χ4n) is 7.43. The molecule has 266 valence electrons. The van der Waals surface area contributed by atoms with Gasteiger partial charge < -0.3 is 4.74 Å². The van der Waals surface area contributed by atoms with Gasteiger partial charge in [-0.2, -0.15) is 0 Å². The van der Waals surface area contributed by atoms with Crippen LogP contribution in [0.15, 0.2) is 97.9 Å². The molecule has 0 aliphatic heterocycles. The third-order valence-corrected chi connectivity index (χ3v) is 10.8. The molecule has 2 aliphatic carbocycles. The maximum absolute atomic E-state index is 5.96. The van der Waals surface area contributed by atoms with Crippen LogP contribution < -0.4 is 0 Å². The van der Waals surface area contributed by atoms with Crippen molar-refractivity contribution >= 4 is 0 Å². The summed E-state index contributed by atoms with van der Waals surface area (Å²) in [6.45, 7) is 29.2. The molecule has 4 unspecified atom stereocenters. The molecular formula is C47H72O. The number of allylic oxidation sites excluding steroid dienone is 9. The Kier molecular flexibility index (Phi) is 20.3. The zero-order valence-electron chi connectivity index (χ0n) is 32.1. The zero-order chi connectivity index (χ0) is 35.3. The maximum atomic E-state index is 5.96. The first-order valence-electron chi connectivity index (χ1n) is 19.7. The second-order valence-corrected chi connectivity index (χ2v) is 14.3. The lowest BCUT2D eigenvalue weighted by Gasteiger charge is -2.31. The molecule has 0 heterocycles. The summed E-state index contributed by atoms with van der Waals surface area (Å²) in [5, 5.41) is 0. The van der Waals surface area contributed by atoms with Gasteiger partial charge in [0.05, 0.1) is 6.61 Å². The molecule has 0 bridgehead atoms. The molecule has 0 radical (unpaired) electrons. The maximum Gasteiger partial charge on any atom is 0.114 e. The third-order valence-electron chi connectivity index (χ3n) is 10.8. The molecule has 1 nitrogen and oxygen atoms in total. The first-order chi connectivity index (χ1) is 23.3. The second kappa shape index (κ2) is 23.5. The minimum absolute atomic E-state index is 0.460. The fraction of sp³-hybridized carbons (Fsp3) is 0.574. The number of hydrogen-bond donors (Lipinski definition) is 0. The van der Waals surface area contributed by atoms with E-state index in [1.165, 1.54) is 89.0 Å². The zero-order valence-corrected chi connectivity index (χ0v) is 32.1. The summed E-state index contributed by atoms with van der Waals surface area (Å²) >= 11 is 0. The molecule has 3 rings (SSSR count). The van der Waals surface area contributed by atoms with E-state index in [9.17, 15) is 0 Å². The van der Waals surface area contributed by atoms with E-state index in [1.54, 1.807) is 34.4 Å². The summed E-state index contributed by atoms with van der Waals surface area (Å²) in [6.07, 6.45) is 34.6. The Hall–Kier alpha value is -2.80. The van der Waals surface area contributed by atoms with Crippen LogP contribution in [0.25, 0.3) is 0 Å². The van der Waals surface area contributed by atoms with E-state index in [1.807, 2.05) is 6.92 Å². The standard InChI is InChI=1S/C43H66O.C4H6/c1-9-14-15-19-39-30-41(43-27-26-38(29-36(43)13-5)37-24-22-35(12-4)23-25-37)31-40(20-17-28-44-33(8)32(6)7)42(39)21-16-18-34(10-2)11-3;1-3-4-2/h22,24,26-27,29-31,34-37,43H,6,8-21,23,25,28H2,1-5,7H3;3-4H,1-2H2. The lowest BCUT2D eigenvalue weighted by molar-refractivity contribution is 0.217. The Labute approximate surface area is 298 Å². The van der Waals surface area contributed by atoms with Crippen LogP contribution >= 0.6 is 0 Å². The molecule has 1 aromatic rings. The minimum Gasteiger partial charge on any atom is -0.494 e. The summed E-state index contributed by atoms with van der Waals surface area (Å²) in [7, 11) is 0. The molecule has 0 fully saturated rings. The third kappa shape index (κ3) is 13.6. The lowest BCUT2D eigenvalue weighted by atomic mass is 9.74.